The topological polar surface area (TPSA) is 39.9 Å². The number of likely N-dealkylation sites (N-methyl/N-ethyl adjacent to an activating group) is 1. The number of hydrogen-bond donors (Lipinski definition) is 0. The molecule has 1 aromatic heterocycles. The van der Waals surface area contributed by atoms with Crippen molar-refractivity contribution in [2.24, 2.45) is 0 Å². The fourth-order valence-electron chi connectivity index (χ4n) is 1.96. The quantitative estimate of drug-likeness (QED) is 0.790. The van der Waals surface area contributed by atoms with Crippen molar-refractivity contribution in [2.45, 2.75) is 31.6 Å². The summed E-state index contributed by atoms with van der Waals surface area (Å²) in [6.45, 7) is 6.10. The third-order valence-electron chi connectivity index (χ3n) is 3.18. The first kappa shape index (κ1) is 11.6. The van der Waals surface area contributed by atoms with E-state index < -0.39 is 5.41 Å². The summed E-state index contributed by atoms with van der Waals surface area (Å²) in [6.07, 6.45) is 1.19. The summed E-state index contributed by atoms with van der Waals surface area (Å²) < 4.78 is 0. The Labute approximate surface area is 101 Å². The summed E-state index contributed by atoms with van der Waals surface area (Å²) in [5.41, 5.74) is 0.462. The van der Waals surface area contributed by atoms with Crippen LogP contribution in [0.2, 0.25) is 0 Å². The molecule has 1 aliphatic rings. The maximum atomic E-state index is 9.07. The lowest BCUT2D eigenvalue weighted by molar-refractivity contribution is 0.411. The average Bonchev–Trinajstić information content (AvgIpc) is 2.85. The molecule has 1 saturated heterocycles. The lowest BCUT2D eigenvalue weighted by atomic mass is 9.92. The molecule has 0 aromatic carbocycles. The molecule has 1 aromatic rings. The molecule has 3 nitrogen and oxygen atoms in total. The second-order valence-corrected chi connectivity index (χ2v) is 5.95. The zero-order valence-electron chi connectivity index (χ0n) is 10.0. The fraction of sp³-hybridized carbons (Fsp3) is 0.667. The van der Waals surface area contributed by atoms with Crippen LogP contribution in [0.1, 0.15) is 36.9 Å². The molecule has 2 heterocycles. The van der Waals surface area contributed by atoms with Crippen molar-refractivity contribution in [1.29, 1.82) is 5.26 Å². The molecule has 0 aliphatic carbocycles. The van der Waals surface area contributed by atoms with Crippen LogP contribution < -0.4 is 0 Å². The van der Waals surface area contributed by atoms with Gasteiger partial charge in [-0.15, -0.1) is 11.3 Å². The van der Waals surface area contributed by atoms with Gasteiger partial charge in [-0.05, 0) is 33.9 Å². The number of nitrogens with zero attached hydrogens (tertiary/aromatic N) is 3. The van der Waals surface area contributed by atoms with E-state index in [0.717, 1.165) is 18.8 Å². The number of thiazole rings is 1. The Morgan fingerprint density at radius 1 is 1.62 bits per heavy atom. The SMILES string of the molecule is CN1CCC(c2nc(C(C)(C)C#N)cs2)C1. The van der Waals surface area contributed by atoms with Gasteiger partial charge in [0.2, 0.25) is 0 Å². The monoisotopic (exact) mass is 235 g/mol. The van der Waals surface area contributed by atoms with Gasteiger partial charge in [-0.3, -0.25) is 0 Å². The van der Waals surface area contributed by atoms with Gasteiger partial charge >= 0.3 is 0 Å². The zero-order valence-corrected chi connectivity index (χ0v) is 10.8. The van der Waals surface area contributed by atoms with Crippen LogP contribution in [0.15, 0.2) is 5.38 Å². The Kier molecular flexibility index (Phi) is 3.00. The van der Waals surface area contributed by atoms with Gasteiger partial charge in [0.15, 0.2) is 0 Å². The molecular weight excluding hydrogens is 218 g/mol. The Hall–Kier alpha value is -0.920. The highest BCUT2D eigenvalue weighted by molar-refractivity contribution is 7.09. The standard InChI is InChI=1S/C12H17N3S/c1-12(2,8-13)10-7-16-11(14-10)9-4-5-15(3)6-9/h7,9H,4-6H2,1-3H3. The summed E-state index contributed by atoms with van der Waals surface area (Å²) in [5.74, 6) is 0.568. The Balaban J connectivity index is 2.18. The molecule has 86 valence electrons. The highest BCUT2D eigenvalue weighted by atomic mass is 32.1. The van der Waals surface area contributed by atoms with Crippen LogP contribution >= 0.6 is 11.3 Å². The fourth-order valence-corrected chi connectivity index (χ4v) is 3.07. The van der Waals surface area contributed by atoms with Crippen LogP contribution in [0, 0.1) is 11.3 Å². The lowest BCUT2D eigenvalue weighted by Crippen LogP contribution is -2.15. The first-order chi connectivity index (χ1) is 7.53. The molecule has 1 fully saturated rings. The highest BCUT2D eigenvalue weighted by Gasteiger charge is 2.27. The molecule has 1 aliphatic heterocycles. The summed E-state index contributed by atoms with van der Waals surface area (Å²) in [4.78, 5) is 6.97. The van der Waals surface area contributed by atoms with Gasteiger partial charge in [-0.1, -0.05) is 0 Å². The predicted octanol–water partition coefficient (Wildman–Crippen LogP) is 2.36. The summed E-state index contributed by atoms with van der Waals surface area (Å²) in [7, 11) is 2.15. The molecule has 16 heavy (non-hydrogen) atoms. The van der Waals surface area contributed by atoms with E-state index in [2.05, 4.69) is 23.0 Å². The van der Waals surface area contributed by atoms with E-state index in [0.29, 0.717) is 5.92 Å². The van der Waals surface area contributed by atoms with E-state index in [9.17, 15) is 0 Å². The molecule has 2 rings (SSSR count). The van der Waals surface area contributed by atoms with Crippen molar-refractivity contribution >= 4 is 11.3 Å². The van der Waals surface area contributed by atoms with E-state index in [1.54, 1.807) is 11.3 Å². The summed E-state index contributed by atoms with van der Waals surface area (Å²) in [5, 5.41) is 12.3. The lowest BCUT2D eigenvalue weighted by Gasteiger charge is -2.11. The molecule has 0 saturated carbocycles. The Morgan fingerprint density at radius 3 is 2.94 bits per heavy atom. The number of rotatable bonds is 2. The highest BCUT2D eigenvalue weighted by Crippen LogP contribution is 2.32. The molecule has 0 amide bonds. The van der Waals surface area contributed by atoms with Crippen molar-refractivity contribution in [1.82, 2.24) is 9.88 Å². The van der Waals surface area contributed by atoms with Crippen molar-refractivity contribution in [2.75, 3.05) is 20.1 Å². The number of likely N-dealkylation sites (tertiary alicyclic amines) is 1. The minimum atomic E-state index is -0.459. The van der Waals surface area contributed by atoms with Gasteiger partial charge < -0.3 is 4.90 Å². The van der Waals surface area contributed by atoms with Gasteiger partial charge in [-0.2, -0.15) is 5.26 Å². The Morgan fingerprint density at radius 2 is 2.38 bits per heavy atom. The molecule has 0 N–H and O–H groups in total. The number of nitriles is 1. The normalized spacial score (nSPS) is 22.2. The minimum Gasteiger partial charge on any atom is -0.306 e. The second kappa shape index (κ2) is 4.15. The molecule has 1 atom stereocenters. The van der Waals surface area contributed by atoms with Gasteiger partial charge in [-0.25, -0.2) is 4.98 Å². The second-order valence-electron chi connectivity index (χ2n) is 5.06. The summed E-state index contributed by atoms with van der Waals surface area (Å²) in [6, 6.07) is 2.30. The maximum absolute atomic E-state index is 9.07. The van der Waals surface area contributed by atoms with Crippen LogP contribution in [-0.2, 0) is 5.41 Å². The van der Waals surface area contributed by atoms with Crippen LogP contribution in [0.5, 0.6) is 0 Å². The van der Waals surface area contributed by atoms with Gasteiger partial charge in [0, 0.05) is 17.8 Å². The molecule has 0 radical (unpaired) electrons. The average molecular weight is 235 g/mol. The maximum Gasteiger partial charge on any atom is 0.0973 e. The first-order valence-corrected chi connectivity index (χ1v) is 6.46. The largest absolute Gasteiger partial charge is 0.306 e. The summed E-state index contributed by atoms with van der Waals surface area (Å²) >= 11 is 1.70. The zero-order chi connectivity index (χ0) is 11.8. The van der Waals surface area contributed by atoms with Crippen molar-refractivity contribution in [3.8, 4) is 6.07 Å². The number of hydrogen-bond acceptors (Lipinski definition) is 4. The van der Waals surface area contributed by atoms with Crippen LogP contribution in [0.4, 0.5) is 0 Å². The molecular formula is C12H17N3S. The van der Waals surface area contributed by atoms with Crippen LogP contribution in [0.3, 0.4) is 0 Å². The van der Waals surface area contributed by atoms with E-state index in [4.69, 9.17) is 5.26 Å². The number of aromatic nitrogens is 1. The molecule has 0 spiro atoms. The Bertz CT molecular complexity index is 416. The molecule has 0 bridgehead atoms. The van der Waals surface area contributed by atoms with Crippen molar-refractivity contribution < 1.29 is 0 Å². The van der Waals surface area contributed by atoms with Crippen LogP contribution in [-0.4, -0.2) is 30.0 Å². The van der Waals surface area contributed by atoms with Gasteiger partial charge in [0.1, 0.15) is 0 Å². The van der Waals surface area contributed by atoms with E-state index in [-0.39, 0.29) is 0 Å². The van der Waals surface area contributed by atoms with Crippen LogP contribution in [0.25, 0.3) is 0 Å². The van der Waals surface area contributed by atoms with Crippen molar-refractivity contribution in [3.63, 3.8) is 0 Å². The minimum absolute atomic E-state index is 0.459. The third-order valence-corrected chi connectivity index (χ3v) is 4.19. The van der Waals surface area contributed by atoms with Gasteiger partial charge in [0.05, 0.1) is 22.2 Å². The third kappa shape index (κ3) is 2.11. The predicted molar refractivity (Wildman–Crippen MR) is 65.6 cm³/mol. The molecule has 4 heteroatoms. The van der Waals surface area contributed by atoms with E-state index in [1.807, 2.05) is 19.2 Å². The van der Waals surface area contributed by atoms with E-state index in [1.165, 1.54) is 11.4 Å². The first-order valence-electron chi connectivity index (χ1n) is 5.58. The van der Waals surface area contributed by atoms with Crippen molar-refractivity contribution in [3.05, 3.63) is 16.1 Å². The molecule has 1 unspecified atom stereocenters. The van der Waals surface area contributed by atoms with E-state index >= 15 is 0 Å². The van der Waals surface area contributed by atoms with Gasteiger partial charge in [0.25, 0.3) is 0 Å². The smallest absolute Gasteiger partial charge is 0.0973 e.